The van der Waals surface area contributed by atoms with Gasteiger partial charge in [0.05, 0.1) is 22.7 Å². The summed E-state index contributed by atoms with van der Waals surface area (Å²) in [6, 6.07) is 8.46. The summed E-state index contributed by atoms with van der Waals surface area (Å²) in [5.41, 5.74) is 0.868. The number of hydrogen-bond acceptors (Lipinski definition) is 4. The number of nitriles is 1. The summed E-state index contributed by atoms with van der Waals surface area (Å²) in [4.78, 5) is 11.8. The van der Waals surface area contributed by atoms with Crippen LogP contribution in [0.5, 0.6) is 0 Å². The predicted octanol–water partition coefficient (Wildman–Crippen LogP) is 3.52. The van der Waals surface area contributed by atoms with Gasteiger partial charge in [0.1, 0.15) is 5.60 Å². The van der Waals surface area contributed by atoms with Crippen molar-refractivity contribution in [3.63, 3.8) is 0 Å². The molecule has 0 aromatic heterocycles. The van der Waals surface area contributed by atoms with Gasteiger partial charge in [0, 0.05) is 0 Å². The molecule has 0 spiro atoms. The van der Waals surface area contributed by atoms with Crippen LogP contribution in [-0.2, 0) is 11.2 Å². The first-order chi connectivity index (χ1) is 9.71. The maximum atomic E-state index is 11.8. The number of benzene rings is 1. The van der Waals surface area contributed by atoms with E-state index < -0.39 is 17.7 Å². The monoisotopic (exact) mass is 433 g/mol. The van der Waals surface area contributed by atoms with E-state index in [2.05, 4.69) is 17.9 Å². The Balaban J connectivity index is 0.00000441. The Bertz CT molecular complexity index is 562. The SMILES string of the molecule is CC(C)(C)OC(=O)N[C@H](Cc1ccc(C#N)cc1)C(=N)S.I. The van der Waals surface area contributed by atoms with E-state index in [1.165, 1.54) is 0 Å². The number of carbonyl (C=O) groups excluding carboxylic acids is 1. The molecule has 0 aliphatic heterocycles. The zero-order valence-electron chi connectivity index (χ0n) is 12.7. The highest BCUT2D eigenvalue weighted by atomic mass is 127. The lowest BCUT2D eigenvalue weighted by Gasteiger charge is -2.23. The second-order valence-electron chi connectivity index (χ2n) is 5.60. The van der Waals surface area contributed by atoms with Gasteiger partial charge in [-0.25, -0.2) is 4.79 Å². The molecule has 2 N–H and O–H groups in total. The number of thiol groups is 1. The highest BCUT2D eigenvalue weighted by Gasteiger charge is 2.21. The topological polar surface area (TPSA) is 86.0 Å². The average Bonchev–Trinajstić information content (AvgIpc) is 2.36. The molecular formula is C15H20IN3O2S. The van der Waals surface area contributed by atoms with Gasteiger partial charge in [0.2, 0.25) is 0 Å². The highest BCUT2D eigenvalue weighted by Crippen LogP contribution is 2.10. The molecule has 1 atom stereocenters. The molecular weight excluding hydrogens is 413 g/mol. The van der Waals surface area contributed by atoms with E-state index in [-0.39, 0.29) is 29.0 Å². The van der Waals surface area contributed by atoms with Crippen LogP contribution in [0.15, 0.2) is 24.3 Å². The molecule has 1 aromatic rings. The van der Waals surface area contributed by atoms with E-state index in [1.807, 2.05) is 6.07 Å². The number of rotatable bonds is 4. The Hall–Kier alpha value is -1.27. The zero-order valence-corrected chi connectivity index (χ0v) is 15.9. The number of halogens is 1. The number of nitrogens with one attached hydrogen (secondary N) is 2. The van der Waals surface area contributed by atoms with Crippen molar-refractivity contribution >= 4 is 47.7 Å². The fraction of sp³-hybridized carbons (Fsp3) is 0.400. The lowest BCUT2D eigenvalue weighted by Crippen LogP contribution is -2.43. The largest absolute Gasteiger partial charge is 0.444 e. The lowest BCUT2D eigenvalue weighted by molar-refractivity contribution is 0.0518. The van der Waals surface area contributed by atoms with E-state index >= 15 is 0 Å². The predicted molar refractivity (Wildman–Crippen MR) is 100 cm³/mol. The van der Waals surface area contributed by atoms with E-state index in [9.17, 15) is 4.79 Å². The summed E-state index contributed by atoms with van der Waals surface area (Å²) in [7, 11) is 0. The third-order valence-corrected chi connectivity index (χ3v) is 2.86. The molecule has 0 unspecified atom stereocenters. The molecule has 5 nitrogen and oxygen atoms in total. The number of alkyl carbamates (subject to hydrolysis) is 1. The molecule has 0 fully saturated rings. The lowest BCUT2D eigenvalue weighted by atomic mass is 10.1. The Morgan fingerprint density at radius 2 is 1.95 bits per heavy atom. The molecule has 120 valence electrons. The van der Waals surface area contributed by atoms with Gasteiger partial charge >= 0.3 is 6.09 Å². The Kier molecular flexibility index (Phi) is 8.48. The van der Waals surface area contributed by atoms with Crippen molar-refractivity contribution in [1.82, 2.24) is 5.32 Å². The van der Waals surface area contributed by atoms with Crippen LogP contribution in [0.1, 0.15) is 31.9 Å². The van der Waals surface area contributed by atoms with Crippen LogP contribution in [0.4, 0.5) is 4.79 Å². The molecule has 1 aromatic carbocycles. The number of ether oxygens (including phenoxy) is 1. The van der Waals surface area contributed by atoms with Gasteiger partial charge < -0.3 is 10.1 Å². The Morgan fingerprint density at radius 3 is 2.36 bits per heavy atom. The molecule has 22 heavy (non-hydrogen) atoms. The summed E-state index contributed by atoms with van der Waals surface area (Å²) >= 11 is 4.01. The van der Waals surface area contributed by atoms with Gasteiger partial charge in [-0.1, -0.05) is 12.1 Å². The number of amides is 1. The molecule has 0 bridgehead atoms. The fourth-order valence-corrected chi connectivity index (χ4v) is 1.77. The molecule has 1 rings (SSSR count). The molecule has 0 saturated heterocycles. The summed E-state index contributed by atoms with van der Waals surface area (Å²) in [6.45, 7) is 5.32. The Labute approximate surface area is 153 Å². The average molecular weight is 433 g/mol. The van der Waals surface area contributed by atoms with Crippen molar-refractivity contribution < 1.29 is 9.53 Å². The van der Waals surface area contributed by atoms with Crippen LogP contribution in [0.3, 0.4) is 0 Å². The quantitative estimate of drug-likeness (QED) is 0.294. The van der Waals surface area contributed by atoms with E-state index in [4.69, 9.17) is 15.4 Å². The molecule has 7 heteroatoms. The van der Waals surface area contributed by atoms with E-state index in [0.29, 0.717) is 12.0 Å². The van der Waals surface area contributed by atoms with Gasteiger partial charge in [-0.05, 0) is 44.9 Å². The molecule has 0 heterocycles. The van der Waals surface area contributed by atoms with E-state index in [0.717, 1.165) is 5.56 Å². The van der Waals surface area contributed by atoms with E-state index in [1.54, 1.807) is 45.0 Å². The summed E-state index contributed by atoms with van der Waals surface area (Å²) in [5, 5.41) is 19.1. The number of nitrogens with zero attached hydrogens (tertiary/aromatic N) is 1. The second kappa shape index (κ2) is 9.00. The molecule has 0 aliphatic rings. The molecule has 1 amide bonds. The molecule has 0 saturated carbocycles. The third-order valence-electron chi connectivity index (χ3n) is 2.54. The molecule has 0 aliphatic carbocycles. The van der Waals surface area contributed by atoms with Gasteiger partial charge in [0.25, 0.3) is 0 Å². The molecule has 0 radical (unpaired) electrons. The Morgan fingerprint density at radius 1 is 1.41 bits per heavy atom. The van der Waals surface area contributed by atoms with Crippen molar-refractivity contribution in [2.45, 2.75) is 38.8 Å². The first-order valence-electron chi connectivity index (χ1n) is 6.47. The summed E-state index contributed by atoms with van der Waals surface area (Å²) < 4.78 is 5.17. The number of carbonyl (C=O) groups is 1. The standard InChI is InChI=1S/C15H19N3O2S.HI/c1-15(2,3)20-14(19)18-12(13(17)21)8-10-4-6-11(9-16)7-5-10;/h4-7,12H,8H2,1-3H3,(H2,17,21)(H,18,19);1H/t12-;/m1./s1. The van der Waals surface area contributed by atoms with Gasteiger partial charge in [-0.2, -0.15) is 5.26 Å². The van der Waals surface area contributed by atoms with Gasteiger partial charge in [0.15, 0.2) is 0 Å². The van der Waals surface area contributed by atoms with Gasteiger partial charge in [-0.15, -0.1) is 36.6 Å². The van der Waals surface area contributed by atoms with Crippen LogP contribution in [0, 0.1) is 16.7 Å². The van der Waals surface area contributed by atoms with Crippen molar-refractivity contribution in [3.8, 4) is 6.07 Å². The van der Waals surface area contributed by atoms with Crippen LogP contribution in [0.2, 0.25) is 0 Å². The zero-order chi connectivity index (χ0) is 16.0. The fourth-order valence-electron chi connectivity index (χ4n) is 1.62. The van der Waals surface area contributed by atoms with Crippen LogP contribution < -0.4 is 5.32 Å². The maximum Gasteiger partial charge on any atom is 0.408 e. The second-order valence-corrected chi connectivity index (χ2v) is 6.08. The van der Waals surface area contributed by atoms with Crippen LogP contribution in [0.25, 0.3) is 0 Å². The van der Waals surface area contributed by atoms with Crippen molar-refractivity contribution in [1.29, 1.82) is 10.7 Å². The first-order valence-corrected chi connectivity index (χ1v) is 6.92. The number of hydrogen-bond donors (Lipinski definition) is 3. The van der Waals surface area contributed by atoms with Crippen LogP contribution >= 0.6 is 36.6 Å². The van der Waals surface area contributed by atoms with Crippen molar-refractivity contribution in [2.24, 2.45) is 0 Å². The highest BCUT2D eigenvalue weighted by molar-refractivity contribution is 14.0. The maximum absolute atomic E-state index is 11.8. The third kappa shape index (κ3) is 7.66. The summed E-state index contributed by atoms with van der Waals surface area (Å²) in [6.07, 6.45) is -0.173. The minimum absolute atomic E-state index is 0. The minimum atomic E-state index is -0.595. The van der Waals surface area contributed by atoms with Crippen molar-refractivity contribution in [3.05, 3.63) is 35.4 Å². The smallest absolute Gasteiger partial charge is 0.408 e. The summed E-state index contributed by atoms with van der Waals surface area (Å²) in [5.74, 6) is 0. The first kappa shape index (κ1) is 20.7. The van der Waals surface area contributed by atoms with Gasteiger partial charge in [-0.3, -0.25) is 5.41 Å². The minimum Gasteiger partial charge on any atom is -0.444 e. The van der Waals surface area contributed by atoms with Crippen LogP contribution in [-0.4, -0.2) is 22.8 Å². The van der Waals surface area contributed by atoms with Crippen molar-refractivity contribution in [2.75, 3.05) is 0 Å². The normalized spacial score (nSPS) is 11.6.